The zero-order valence-corrected chi connectivity index (χ0v) is 12.9. The van der Waals surface area contributed by atoms with Gasteiger partial charge < -0.3 is 10.1 Å². The lowest BCUT2D eigenvalue weighted by Crippen LogP contribution is -2.41. The maximum atomic E-state index is 13.7. The van der Waals surface area contributed by atoms with Crippen LogP contribution in [0.1, 0.15) is 39.7 Å². The molecule has 1 atom stereocenters. The van der Waals surface area contributed by atoms with Gasteiger partial charge in [0.15, 0.2) is 0 Å². The summed E-state index contributed by atoms with van der Waals surface area (Å²) in [5, 5.41) is 2.63. The zero-order valence-electron chi connectivity index (χ0n) is 12.9. The average molecular weight is 295 g/mol. The number of ketones is 1. The number of halogens is 1. The number of alkyl carbamates (subject to hydrolysis) is 1. The fourth-order valence-electron chi connectivity index (χ4n) is 1.92. The lowest BCUT2D eigenvalue weighted by atomic mass is 10.0. The Morgan fingerprint density at radius 1 is 1.29 bits per heavy atom. The third-order valence-electron chi connectivity index (χ3n) is 2.68. The third kappa shape index (κ3) is 6.88. The molecular formula is C16H22FNO3. The fourth-order valence-corrected chi connectivity index (χ4v) is 1.92. The van der Waals surface area contributed by atoms with Gasteiger partial charge in [0, 0.05) is 12.5 Å². The summed E-state index contributed by atoms with van der Waals surface area (Å²) in [7, 11) is 0. The van der Waals surface area contributed by atoms with Crippen molar-refractivity contribution < 1.29 is 18.7 Å². The molecule has 0 aliphatic carbocycles. The molecule has 1 aromatic carbocycles. The summed E-state index contributed by atoms with van der Waals surface area (Å²) in [6, 6.07) is 5.82. The van der Waals surface area contributed by atoms with Crippen molar-refractivity contribution in [1.82, 2.24) is 5.32 Å². The molecule has 1 N–H and O–H groups in total. The van der Waals surface area contributed by atoms with E-state index < -0.39 is 17.7 Å². The second kappa shape index (κ2) is 7.20. The largest absolute Gasteiger partial charge is 0.444 e. The highest BCUT2D eigenvalue weighted by Gasteiger charge is 2.21. The summed E-state index contributed by atoms with van der Waals surface area (Å²) in [5.41, 5.74) is -0.164. The van der Waals surface area contributed by atoms with E-state index in [0.717, 1.165) is 0 Å². The van der Waals surface area contributed by atoms with Gasteiger partial charge >= 0.3 is 6.09 Å². The topological polar surface area (TPSA) is 55.4 Å². The Bertz CT molecular complexity index is 508. The van der Waals surface area contributed by atoms with Crippen molar-refractivity contribution in [3.63, 3.8) is 0 Å². The SMILES string of the molecule is CC(=O)C[C@@H](Cc1ccccc1F)NC(=O)OC(C)(C)C. The number of hydrogen-bond acceptors (Lipinski definition) is 3. The summed E-state index contributed by atoms with van der Waals surface area (Å²) in [5.74, 6) is -0.426. The summed E-state index contributed by atoms with van der Waals surface area (Å²) < 4.78 is 18.8. The monoisotopic (exact) mass is 295 g/mol. The summed E-state index contributed by atoms with van der Waals surface area (Å²) >= 11 is 0. The molecule has 116 valence electrons. The number of hydrogen-bond donors (Lipinski definition) is 1. The molecule has 1 aromatic rings. The molecule has 1 rings (SSSR count). The van der Waals surface area contributed by atoms with Crippen LogP contribution in [0.25, 0.3) is 0 Å². The highest BCUT2D eigenvalue weighted by molar-refractivity contribution is 5.77. The van der Waals surface area contributed by atoms with Crippen molar-refractivity contribution in [2.24, 2.45) is 0 Å². The van der Waals surface area contributed by atoms with Crippen LogP contribution in [0.5, 0.6) is 0 Å². The van der Waals surface area contributed by atoms with Crippen molar-refractivity contribution in [3.05, 3.63) is 35.6 Å². The number of carbonyl (C=O) groups is 2. The summed E-state index contributed by atoms with van der Waals surface area (Å²) in [6.07, 6.45) is -0.232. The normalized spacial score (nSPS) is 12.6. The Morgan fingerprint density at radius 2 is 1.90 bits per heavy atom. The Balaban J connectivity index is 2.75. The molecule has 0 heterocycles. The van der Waals surface area contributed by atoms with Gasteiger partial charge in [-0.3, -0.25) is 4.79 Å². The van der Waals surface area contributed by atoms with Crippen molar-refractivity contribution in [1.29, 1.82) is 0 Å². The van der Waals surface area contributed by atoms with E-state index in [4.69, 9.17) is 4.74 Å². The third-order valence-corrected chi connectivity index (χ3v) is 2.68. The predicted octanol–water partition coefficient (Wildman–Crippen LogP) is 3.24. The van der Waals surface area contributed by atoms with E-state index in [0.29, 0.717) is 5.56 Å². The molecule has 0 spiro atoms. The van der Waals surface area contributed by atoms with Crippen LogP contribution in [-0.4, -0.2) is 23.5 Å². The highest BCUT2D eigenvalue weighted by Crippen LogP contribution is 2.12. The predicted molar refractivity (Wildman–Crippen MR) is 78.6 cm³/mol. The quantitative estimate of drug-likeness (QED) is 0.907. The first-order chi connectivity index (χ1) is 9.67. The molecule has 0 bridgehead atoms. The van der Waals surface area contributed by atoms with E-state index in [9.17, 15) is 14.0 Å². The van der Waals surface area contributed by atoms with Gasteiger partial charge in [-0.25, -0.2) is 9.18 Å². The maximum absolute atomic E-state index is 13.7. The fraction of sp³-hybridized carbons (Fsp3) is 0.500. The van der Waals surface area contributed by atoms with Crippen LogP contribution in [0.2, 0.25) is 0 Å². The zero-order chi connectivity index (χ0) is 16.0. The Hall–Kier alpha value is -1.91. The lowest BCUT2D eigenvalue weighted by molar-refractivity contribution is -0.117. The van der Waals surface area contributed by atoms with Gasteiger partial charge in [0.2, 0.25) is 0 Å². The average Bonchev–Trinajstić information content (AvgIpc) is 2.28. The van der Waals surface area contributed by atoms with Crippen LogP contribution >= 0.6 is 0 Å². The highest BCUT2D eigenvalue weighted by atomic mass is 19.1. The molecule has 0 aliphatic heterocycles. The van der Waals surface area contributed by atoms with E-state index in [1.807, 2.05) is 0 Å². The molecule has 1 amide bonds. The second-order valence-corrected chi connectivity index (χ2v) is 6.04. The lowest BCUT2D eigenvalue weighted by Gasteiger charge is -2.23. The molecule has 21 heavy (non-hydrogen) atoms. The van der Waals surface area contributed by atoms with Gasteiger partial charge in [-0.1, -0.05) is 18.2 Å². The van der Waals surface area contributed by atoms with Gasteiger partial charge in [0.05, 0.1) is 0 Å². The van der Waals surface area contributed by atoms with Gasteiger partial charge in [0.1, 0.15) is 17.2 Å². The number of carbonyl (C=O) groups excluding carboxylic acids is 2. The van der Waals surface area contributed by atoms with Crippen molar-refractivity contribution in [3.8, 4) is 0 Å². The second-order valence-electron chi connectivity index (χ2n) is 6.04. The van der Waals surface area contributed by atoms with Gasteiger partial charge in [-0.2, -0.15) is 0 Å². The minimum absolute atomic E-state index is 0.0765. The molecule has 0 aliphatic rings. The Labute approximate surface area is 124 Å². The van der Waals surface area contributed by atoms with E-state index in [-0.39, 0.29) is 24.4 Å². The van der Waals surface area contributed by atoms with Crippen LogP contribution in [0.15, 0.2) is 24.3 Å². The number of amides is 1. The molecule has 0 radical (unpaired) electrons. The smallest absolute Gasteiger partial charge is 0.407 e. The Kier molecular flexibility index (Phi) is 5.88. The Morgan fingerprint density at radius 3 is 2.43 bits per heavy atom. The van der Waals surface area contributed by atoms with Crippen LogP contribution in [0.4, 0.5) is 9.18 Å². The number of ether oxygens (including phenoxy) is 1. The maximum Gasteiger partial charge on any atom is 0.407 e. The first-order valence-corrected chi connectivity index (χ1v) is 6.90. The van der Waals surface area contributed by atoms with E-state index >= 15 is 0 Å². The number of nitrogens with one attached hydrogen (secondary N) is 1. The number of Topliss-reactive ketones (excluding diaryl/α,β-unsaturated/α-hetero) is 1. The first-order valence-electron chi connectivity index (χ1n) is 6.90. The molecule has 0 unspecified atom stereocenters. The molecule has 0 saturated carbocycles. The van der Waals surface area contributed by atoms with Gasteiger partial charge in [0.25, 0.3) is 0 Å². The number of rotatable bonds is 5. The summed E-state index contributed by atoms with van der Waals surface area (Å²) in [4.78, 5) is 23.1. The minimum atomic E-state index is -0.622. The van der Waals surface area contributed by atoms with Gasteiger partial charge in [-0.05, 0) is 45.7 Å². The summed E-state index contributed by atoms with van der Waals surface area (Å²) in [6.45, 7) is 6.70. The molecule has 0 aromatic heterocycles. The molecular weight excluding hydrogens is 273 g/mol. The molecule has 0 saturated heterocycles. The molecule has 4 nitrogen and oxygen atoms in total. The van der Waals surface area contributed by atoms with Gasteiger partial charge in [-0.15, -0.1) is 0 Å². The van der Waals surface area contributed by atoms with Crippen molar-refractivity contribution >= 4 is 11.9 Å². The molecule has 5 heteroatoms. The van der Waals surface area contributed by atoms with Crippen LogP contribution in [0.3, 0.4) is 0 Å². The minimum Gasteiger partial charge on any atom is -0.444 e. The standard InChI is InChI=1S/C16H22FNO3/c1-11(19)9-13(18-15(20)21-16(2,3)4)10-12-7-5-6-8-14(12)17/h5-8,13H,9-10H2,1-4H3,(H,18,20)/t13-/m0/s1. The van der Waals surface area contributed by atoms with Crippen LogP contribution < -0.4 is 5.32 Å². The van der Waals surface area contributed by atoms with Crippen molar-refractivity contribution in [2.45, 2.75) is 52.2 Å². The van der Waals surface area contributed by atoms with E-state index in [1.54, 1.807) is 39.0 Å². The van der Waals surface area contributed by atoms with Crippen molar-refractivity contribution in [2.75, 3.05) is 0 Å². The molecule has 0 fully saturated rings. The van der Waals surface area contributed by atoms with Crippen LogP contribution in [0, 0.1) is 5.82 Å². The van der Waals surface area contributed by atoms with E-state index in [2.05, 4.69) is 5.32 Å². The number of benzene rings is 1. The van der Waals surface area contributed by atoms with E-state index in [1.165, 1.54) is 13.0 Å². The first kappa shape index (κ1) is 17.1. The van der Waals surface area contributed by atoms with Crippen LogP contribution in [-0.2, 0) is 16.0 Å².